The molecule has 1 aromatic rings. The van der Waals surface area contributed by atoms with Crippen LogP contribution in [0.15, 0.2) is 34.3 Å². The zero-order valence-corrected chi connectivity index (χ0v) is 14.3. The molecule has 0 aliphatic carbocycles. The molecule has 5 nitrogen and oxygen atoms in total. The highest BCUT2D eigenvalue weighted by Gasteiger charge is 2.33. The molecular formula is C16H15F3N2O3S. The van der Waals surface area contributed by atoms with Crippen LogP contribution in [-0.4, -0.2) is 29.4 Å². The maximum absolute atomic E-state index is 12.6. The third-order valence-corrected chi connectivity index (χ3v) is 4.43. The summed E-state index contributed by atoms with van der Waals surface area (Å²) < 4.78 is 42.7. The minimum atomic E-state index is -4.39. The van der Waals surface area contributed by atoms with Crippen molar-refractivity contribution in [3.63, 3.8) is 0 Å². The first-order chi connectivity index (χ1) is 11.7. The summed E-state index contributed by atoms with van der Waals surface area (Å²) in [6, 6.07) is 3.95. The molecule has 1 heterocycles. The molecule has 1 aliphatic heterocycles. The zero-order valence-electron chi connectivity index (χ0n) is 13.5. The molecule has 0 radical (unpaired) electrons. The predicted octanol–water partition coefficient (Wildman–Crippen LogP) is 4.11. The van der Waals surface area contributed by atoms with Gasteiger partial charge in [0, 0.05) is 11.5 Å². The highest BCUT2D eigenvalue weighted by Crippen LogP contribution is 2.30. The second-order valence-electron chi connectivity index (χ2n) is 5.15. The van der Waals surface area contributed by atoms with Gasteiger partial charge in [0.15, 0.2) is 0 Å². The average molecular weight is 372 g/mol. The van der Waals surface area contributed by atoms with E-state index in [-0.39, 0.29) is 23.1 Å². The number of thioether (sulfide) groups is 1. The summed E-state index contributed by atoms with van der Waals surface area (Å²) in [5.41, 5.74) is 0.156. The molecule has 0 bridgehead atoms. The van der Waals surface area contributed by atoms with Crippen molar-refractivity contribution in [2.75, 3.05) is 6.61 Å². The minimum absolute atomic E-state index is 0.174. The van der Waals surface area contributed by atoms with Gasteiger partial charge in [-0.25, -0.2) is 4.79 Å². The summed E-state index contributed by atoms with van der Waals surface area (Å²) in [7, 11) is 0. The Labute approximate surface area is 146 Å². The van der Waals surface area contributed by atoms with Crippen LogP contribution in [0.25, 0.3) is 0 Å². The van der Waals surface area contributed by atoms with Gasteiger partial charge in [0.05, 0.1) is 17.2 Å². The van der Waals surface area contributed by atoms with E-state index in [1.165, 1.54) is 19.1 Å². The highest BCUT2D eigenvalue weighted by atomic mass is 32.2. The van der Waals surface area contributed by atoms with Gasteiger partial charge in [0.2, 0.25) is 0 Å². The van der Waals surface area contributed by atoms with Crippen LogP contribution in [0.4, 0.5) is 18.0 Å². The number of hydrogen-bond donors (Lipinski definition) is 0. The smallest absolute Gasteiger partial charge is 0.416 e. The number of nitrogens with zero attached hydrogens (tertiary/aromatic N) is 2. The number of carbonyl (C=O) groups excluding carboxylic acids is 2. The third-order valence-electron chi connectivity index (χ3n) is 3.33. The third kappa shape index (κ3) is 4.91. The molecule has 1 aromatic carbocycles. The predicted molar refractivity (Wildman–Crippen MR) is 88.8 cm³/mol. The van der Waals surface area contributed by atoms with Gasteiger partial charge in [0.25, 0.3) is 0 Å². The van der Waals surface area contributed by atoms with Crippen LogP contribution in [0, 0.1) is 5.92 Å². The van der Waals surface area contributed by atoms with Crippen LogP contribution < -0.4 is 0 Å². The molecule has 134 valence electrons. The molecule has 2 rings (SSSR count). The van der Waals surface area contributed by atoms with Gasteiger partial charge in [-0.15, -0.1) is 11.8 Å². The number of esters is 1. The van der Waals surface area contributed by atoms with Crippen LogP contribution in [0.5, 0.6) is 0 Å². The molecule has 0 saturated heterocycles. The number of benzene rings is 1. The summed E-state index contributed by atoms with van der Waals surface area (Å²) in [6.07, 6.45) is -4.39. The van der Waals surface area contributed by atoms with E-state index in [4.69, 9.17) is 4.74 Å². The monoisotopic (exact) mass is 372 g/mol. The fourth-order valence-electron chi connectivity index (χ4n) is 2.14. The molecule has 1 unspecified atom stereocenters. The molecule has 9 heteroatoms. The van der Waals surface area contributed by atoms with Gasteiger partial charge in [0.1, 0.15) is 5.92 Å². The number of alkyl halides is 3. The fraction of sp³-hybridized carbons (Fsp3) is 0.375. The molecule has 2 amide bonds. The lowest BCUT2D eigenvalue weighted by molar-refractivity contribution is -0.143. The van der Waals surface area contributed by atoms with Crippen molar-refractivity contribution in [1.82, 2.24) is 0 Å². The van der Waals surface area contributed by atoms with E-state index in [0.717, 1.165) is 23.9 Å². The van der Waals surface area contributed by atoms with Crippen molar-refractivity contribution in [2.24, 2.45) is 15.9 Å². The van der Waals surface area contributed by atoms with E-state index < -0.39 is 29.7 Å². The molecular weight excluding hydrogens is 357 g/mol. The standard InChI is InChI=1S/C16H15F3N2O3S/c1-3-24-14(22)12-9(2)20-15(23)21-13(12)25-8-10-4-6-11(7-5-10)16(17,18)19/h4-7,12H,3,8H2,1-2H3. The van der Waals surface area contributed by atoms with Crippen LogP contribution in [0.1, 0.15) is 25.0 Å². The van der Waals surface area contributed by atoms with E-state index in [2.05, 4.69) is 9.98 Å². The van der Waals surface area contributed by atoms with Crippen molar-refractivity contribution < 1.29 is 27.5 Å². The molecule has 25 heavy (non-hydrogen) atoms. The summed E-state index contributed by atoms with van der Waals surface area (Å²) >= 11 is 1.10. The Morgan fingerprint density at radius 2 is 1.88 bits per heavy atom. The maximum Gasteiger partial charge on any atom is 0.416 e. The topological polar surface area (TPSA) is 68.1 Å². The molecule has 0 N–H and O–H groups in total. The van der Waals surface area contributed by atoms with Crippen molar-refractivity contribution >= 4 is 34.5 Å². The summed E-state index contributed by atoms with van der Waals surface area (Å²) in [5, 5.41) is 0.232. The molecule has 1 aliphatic rings. The van der Waals surface area contributed by atoms with E-state index >= 15 is 0 Å². The van der Waals surface area contributed by atoms with Crippen molar-refractivity contribution in [3.8, 4) is 0 Å². The number of ether oxygens (including phenoxy) is 1. The first-order valence-electron chi connectivity index (χ1n) is 7.35. The Morgan fingerprint density at radius 3 is 2.44 bits per heavy atom. The van der Waals surface area contributed by atoms with Gasteiger partial charge in [-0.1, -0.05) is 12.1 Å². The summed E-state index contributed by atoms with van der Waals surface area (Å²) in [4.78, 5) is 31.0. The molecule has 0 fully saturated rings. The Bertz CT molecular complexity index is 727. The Kier molecular flexibility index (Phi) is 5.99. The molecule has 0 spiro atoms. The van der Waals surface area contributed by atoms with Crippen molar-refractivity contribution in [3.05, 3.63) is 35.4 Å². The fourth-order valence-corrected chi connectivity index (χ4v) is 3.22. The van der Waals surface area contributed by atoms with E-state index in [1.54, 1.807) is 6.92 Å². The Hall–Kier alpha value is -2.16. The zero-order chi connectivity index (χ0) is 18.6. The highest BCUT2D eigenvalue weighted by molar-refractivity contribution is 8.13. The van der Waals surface area contributed by atoms with Crippen LogP contribution in [0.2, 0.25) is 0 Å². The SMILES string of the molecule is CCOC(=O)C1C(C)=NC(=O)N=C1SCc1ccc(C(F)(F)F)cc1. The van der Waals surface area contributed by atoms with Crippen LogP contribution >= 0.6 is 11.8 Å². The largest absolute Gasteiger partial charge is 0.465 e. The maximum atomic E-state index is 12.6. The second kappa shape index (κ2) is 7.81. The number of hydrogen-bond acceptors (Lipinski definition) is 4. The lowest BCUT2D eigenvalue weighted by atomic mass is 10.1. The lowest BCUT2D eigenvalue weighted by Gasteiger charge is -2.19. The number of rotatable bonds is 4. The van der Waals surface area contributed by atoms with E-state index in [9.17, 15) is 22.8 Å². The number of carbonyl (C=O) groups is 2. The second-order valence-corrected chi connectivity index (χ2v) is 6.15. The van der Waals surface area contributed by atoms with Gasteiger partial charge in [-0.05, 0) is 31.5 Å². The van der Waals surface area contributed by atoms with Crippen LogP contribution in [0.3, 0.4) is 0 Å². The Morgan fingerprint density at radius 1 is 1.24 bits per heavy atom. The van der Waals surface area contributed by atoms with Crippen LogP contribution in [-0.2, 0) is 21.5 Å². The minimum Gasteiger partial charge on any atom is -0.465 e. The van der Waals surface area contributed by atoms with Crippen molar-refractivity contribution in [2.45, 2.75) is 25.8 Å². The quantitative estimate of drug-likeness (QED) is 0.746. The van der Waals surface area contributed by atoms with Gasteiger partial charge in [-0.3, -0.25) is 4.79 Å². The average Bonchev–Trinajstić information content (AvgIpc) is 2.52. The molecule has 0 aromatic heterocycles. The Balaban J connectivity index is 2.11. The van der Waals surface area contributed by atoms with Gasteiger partial charge >= 0.3 is 18.2 Å². The normalized spacial score (nSPS) is 17.8. The first-order valence-corrected chi connectivity index (χ1v) is 8.34. The number of halogens is 3. The number of urea groups is 1. The first kappa shape index (κ1) is 19.2. The number of aliphatic imine (C=N–C) groups is 2. The van der Waals surface area contributed by atoms with Crippen molar-refractivity contribution in [1.29, 1.82) is 0 Å². The lowest BCUT2D eigenvalue weighted by Crippen LogP contribution is -2.34. The van der Waals surface area contributed by atoms with E-state index in [1.807, 2.05) is 0 Å². The molecule has 0 saturated carbocycles. The van der Waals surface area contributed by atoms with E-state index in [0.29, 0.717) is 5.56 Å². The van der Waals surface area contributed by atoms with Gasteiger partial charge < -0.3 is 4.74 Å². The summed E-state index contributed by atoms with van der Waals surface area (Å²) in [6.45, 7) is 3.37. The molecule has 1 atom stereocenters. The number of amides is 2. The van der Waals surface area contributed by atoms with Gasteiger partial charge in [-0.2, -0.15) is 23.2 Å². The summed E-state index contributed by atoms with van der Waals surface area (Å²) in [5.74, 6) is -1.17.